The summed E-state index contributed by atoms with van der Waals surface area (Å²) in [6.45, 7) is 11.0. The number of aldehydes is 1. The lowest BCUT2D eigenvalue weighted by Gasteiger charge is -2.40. The van der Waals surface area contributed by atoms with Crippen LogP contribution in [0.2, 0.25) is 0 Å². The van der Waals surface area contributed by atoms with Gasteiger partial charge in [0.2, 0.25) is 0 Å². The van der Waals surface area contributed by atoms with Crippen LogP contribution in [0.5, 0.6) is 0 Å². The Hall–Kier alpha value is -1.99. The van der Waals surface area contributed by atoms with Gasteiger partial charge in [-0.05, 0) is 32.9 Å². The largest absolute Gasteiger partial charge is 0.381 e. The van der Waals surface area contributed by atoms with Crippen molar-refractivity contribution in [1.29, 1.82) is 0 Å². The van der Waals surface area contributed by atoms with Gasteiger partial charge < -0.3 is 26.1 Å². The molecule has 1 unspecified atom stereocenters. The summed E-state index contributed by atoms with van der Waals surface area (Å²) in [4.78, 5) is 18.5. The maximum absolute atomic E-state index is 10.2. The van der Waals surface area contributed by atoms with E-state index in [2.05, 4.69) is 44.4 Å². The van der Waals surface area contributed by atoms with Crippen LogP contribution in [-0.2, 0) is 4.79 Å². The quantitative estimate of drug-likeness (QED) is 0.181. The van der Waals surface area contributed by atoms with Crippen LogP contribution in [0.4, 0.5) is 0 Å². The fraction of sp³-hybridized carbons (Fsp3) is 0.588. The van der Waals surface area contributed by atoms with E-state index >= 15 is 0 Å². The van der Waals surface area contributed by atoms with E-state index in [1.807, 2.05) is 13.3 Å². The lowest BCUT2D eigenvalue weighted by atomic mass is 9.87. The van der Waals surface area contributed by atoms with Crippen LogP contribution in [-0.4, -0.2) is 57.6 Å². The summed E-state index contributed by atoms with van der Waals surface area (Å²) in [5.74, 6) is 0.508. The van der Waals surface area contributed by atoms with Crippen molar-refractivity contribution < 1.29 is 4.79 Å². The minimum absolute atomic E-state index is 0.0154. The third-order valence-corrected chi connectivity index (χ3v) is 3.83. The van der Waals surface area contributed by atoms with Crippen molar-refractivity contribution in [2.75, 3.05) is 33.2 Å². The number of piperazine rings is 1. The first-order valence-electron chi connectivity index (χ1n) is 8.34. The summed E-state index contributed by atoms with van der Waals surface area (Å²) in [5, 5.41) is 13.1. The molecule has 7 heteroatoms. The molecule has 134 valence electrons. The molecule has 1 aliphatic rings. The second-order valence-electron chi connectivity index (χ2n) is 5.91. The highest BCUT2D eigenvalue weighted by Crippen LogP contribution is 2.20. The van der Waals surface area contributed by atoms with Crippen LogP contribution in [0, 0.1) is 0 Å². The standard InChI is InChI=1S/C17H30N6O/c1-15-12-20-13-17(23-15,7-10-18-3)6-4-8-19-14-22-16(2)21-9-5-11-24/h8,11,14,18,20-21,23H,1-2,4-7,9-10,12-13H2,3H3/b19-8?,22-14-. The van der Waals surface area contributed by atoms with Crippen LogP contribution in [0.1, 0.15) is 25.7 Å². The summed E-state index contributed by atoms with van der Waals surface area (Å²) in [6, 6.07) is 0. The number of aliphatic imine (C=N–C) groups is 2. The number of rotatable bonds is 12. The van der Waals surface area contributed by atoms with Gasteiger partial charge in [0, 0.05) is 38.0 Å². The average Bonchev–Trinajstić information content (AvgIpc) is 2.56. The first-order valence-corrected chi connectivity index (χ1v) is 8.34. The smallest absolute Gasteiger partial charge is 0.121 e. The molecule has 0 aromatic heterocycles. The van der Waals surface area contributed by atoms with Gasteiger partial charge in [-0.1, -0.05) is 13.2 Å². The Morgan fingerprint density at radius 3 is 2.92 bits per heavy atom. The highest BCUT2D eigenvalue weighted by atomic mass is 16.1. The Morgan fingerprint density at radius 1 is 1.38 bits per heavy atom. The molecular weight excluding hydrogens is 304 g/mol. The van der Waals surface area contributed by atoms with Gasteiger partial charge in [0.1, 0.15) is 18.4 Å². The van der Waals surface area contributed by atoms with Gasteiger partial charge in [-0.15, -0.1) is 0 Å². The molecule has 0 amide bonds. The van der Waals surface area contributed by atoms with E-state index in [-0.39, 0.29) is 5.54 Å². The minimum Gasteiger partial charge on any atom is -0.381 e. The fourth-order valence-electron chi connectivity index (χ4n) is 2.59. The molecule has 0 bridgehead atoms. The van der Waals surface area contributed by atoms with Crippen LogP contribution < -0.4 is 21.3 Å². The zero-order valence-corrected chi connectivity index (χ0v) is 14.6. The van der Waals surface area contributed by atoms with Crippen molar-refractivity contribution in [3.05, 3.63) is 24.7 Å². The van der Waals surface area contributed by atoms with Crippen molar-refractivity contribution in [3.8, 4) is 0 Å². The lowest BCUT2D eigenvalue weighted by molar-refractivity contribution is -0.107. The second kappa shape index (κ2) is 11.5. The fourth-order valence-corrected chi connectivity index (χ4v) is 2.59. The highest BCUT2D eigenvalue weighted by molar-refractivity contribution is 5.72. The van der Waals surface area contributed by atoms with Gasteiger partial charge in [0.05, 0.1) is 5.54 Å². The van der Waals surface area contributed by atoms with Gasteiger partial charge in [-0.2, -0.15) is 0 Å². The van der Waals surface area contributed by atoms with Crippen molar-refractivity contribution in [3.63, 3.8) is 0 Å². The third-order valence-electron chi connectivity index (χ3n) is 3.83. The summed E-state index contributed by atoms with van der Waals surface area (Å²) in [5.41, 5.74) is 1.05. The normalized spacial score (nSPS) is 21.1. The van der Waals surface area contributed by atoms with Crippen molar-refractivity contribution in [1.82, 2.24) is 21.3 Å². The molecule has 1 heterocycles. The molecule has 0 radical (unpaired) electrons. The topological polar surface area (TPSA) is 89.9 Å². The van der Waals surface area contributed by atoms with Gasteiger partial charge in [-0.3, -0.25) is 0 Å². The molecule has 0 saturated carbocycles. The van der Waals surface area contributed by atoms with E-state index in [0.717, 1.165) is 50.9 Å². The van der Waals surface area contributed by atoms with Crippen LogP contribution >= 0.6 is 0 Å². The Kier molecular flexibility index (Phi) is 9.64. The third kappa shape index (κ3) is 8.03. The number of nitrogens with zero attached hydrogens (tertiary/aromatic N) is 2. The van der Waals surface area contributed by atoms with E-state index in [4.69, 9.17) is 0 Å². The number of nitrogens with one attached hydrogen (secondary N) is 4. The zero-order chi connectivity index (χ0) is 17.7. The van der Waals surface area contributed by atoms with E-state index in [9.17, 15) is 4.79 Å². The maximum atomic E-state index is 10.2. The molecule has 0 aromatic carbocycles. The van der Waals surface area contributed by atoms with Crippen LogP contribution in [0.3, 0.4) is 0 Å². The highest BCUT2D eigenvalue weighted by Gasteiger charge is 2.31. The summed E-state index contributed by atoms with van der Waals surface area (Å²) in [7, 11) is 1.96. The molecular formula is C17H30N6O. The summed E-state index contributed by atoms with van der Waals surface area (Å²) in [6.07, 6.45) is 7.48. The summed E-state index contributed by atoms with van der Waals surface area (Å²) >= 11 is 0. The molecule has 24 heavy (non-hydrogen) atoms. The first kappa shape index (κ1) is 20.1. The molecule has 1 fully saturated rings. The van der Waals surface area contributed by atoms with Crippen molar-refractivity contribution >= 4 is 18.8 Å². The van der Waals surface area contributed by atoms with Gasteiger partial charge in [0.15, 0.2) is 0 Å². The SMILES string of the molecule is C=C1CNCC(CCC=N/C=N\C(=C)NCCC=O)(CCNC)N1. The van der Waals surface area contributed by atoms with Gasteiger partial charge >= 0.3 is 0 Å². The molecule has 0 aromatic rings. The van der Waals surface area contributed by atoms with E-state index in [1.165, 1.54) is 6.34 Å². The molecule has 0 aliphatic carbocycles. The average molecular weight is 334 g/mol. The molecule has 7 nitrogen and oxygen atoms in total. The van der Waals surface area contributed by atoms with Crippen molar-refractivity contribution in [2.45, 2.75) is 31.2 Å². The van der Waals surface area contributed by atoms with Gasteiger partial charge in [-0.25, -0.2) is 9.98 Å². The van der Waals surface area contributed by atoms with Crippen LogP contribution in [0.15, 0.2) is 34.7 Å². The van der Waals surface area contributed by atoms with E-state index in [0.29, 0.717) is 18.8 Å². The molecule has 4 N–H and O–H groups in total. The number of carbonyl (C=O) groups excluding carboxylic acids is 1. The van der Waals surface area contributed by atoms with E-state index < -0.39 is 0 Å². The van der Waals surface area contributed by atoms with Crippen LogP contribution in [0.25, 0.3) is 0 Å². The predicted molar refractivity (Wildman–Crippen MR) is 100 cm³/mol. The monoisotopic (exact) mass is 334 g/mol. The first-order chi connectivity index (χ1) is 11.6. The number of carbonyl (C=O) groups is 1. The Bertz CT molecular complexity index is 474. The molecule has 1 atom stereocenters. The maximum Gasteiger partial charge on any atom is 0.121 e. The van der Waals surface area contributed by atoms with E-state index in [1.54, 1.807) is 0 Å². The second-order valence-corrected chi connectivity index (χ2v) is 5.91. The molecule has 1 saturated heterocycles. The Labute approximate surface area is 144 Å². The zero-order valence-electron chi connectivity index (χ0n) is 14.6. The molecule has 1 aliphatic heterocycles. The van der Waals surface area contributed by atoms with Gasteiger partial charge in [0.25, 0.3) is 0 Å². The Balaban J connectivity index is 2.37. The summed E-state index contributed by atoms with van der Waals surface area (Å²) < 4.78 is 0. The minimum atomic E-state index is 0.0154. The number of hydrogen-bond acceptors (Lipinski definition) is 6. The molecule has 0 spiro atoms. The predicted octanol–water partition coefficient (Wildman–Crippen LogP) is 0.570. The lowest BCUT2D eigenvalue weighted by Crippen LogP contribution is -2.58. The van der Waals surface area contributed by atoms with Crippen molar-refractivity contribution in [2.24, 2.45) is 9.98 Å². The number of hydrogen-bond donors (Lipinski definition) is 4. The molecule has 1 rings (SSSR count). The Morgan fingerprint density at radius 2 is 2.21 bits per heavy atom.